The van der Waals surface area contributed by atoms with Crippen LogP contribution in [-0.4, -0.2) is 17.7 Å². The number of aromatic nitrogens is 1. The molecule has 0 saturated heterocycles. The van der Waals surface area contributed by atoms with Crippen LogP contribution in [0.15, 0.2) is 18.3 Å². The average molecular weight is 198 g/mol. The Balaban J connectivity index is 2.60. The number of ether oxygens (including phenoxy) is 1. The zero-order chi connectivity index (χ0) is 10.6. The van der Waals surface area contributed by atoms with Crippen molar-refractivity contribution in [2.75, 3.05) is 6.61 Å². The van der Waals surface area contributed by atoms with Gasteiger partial charge in [0.15, 0.2) is 0 Å². The maximum absolute atomic E-state index is 13.2. The lowest BCUT2D eigenvalue weighted by Crippen LogP contribution is -2.21. The molecule has 2 N–H and O–H groups in total. The summed E-state index contributed by atoms with van der Waals surface area (Å²) in [6.07, 6.45) is 1.61. The van der Waals surface area contributed by atoms with Gasteiger partial charge >= 0.3 is 0 Å². The van der Waals surface area contributed by atoms with Crippen LogP contribution >= 0.6 is 0 Å². The molecule has 0 amide bonds. The summed E-state index contributed by atoms with van der Waals surface area (Å²) in [4.78, 5) is 3.88. The second kappa shape index (κ2) is 5.02. The van der Waals surface area contributed by atoms with E-state index in [9.17, 15) is 4.39 Å². The molecule has 0 fully saturated rings. The van der Waals surface area contributed by atoms with Gasteiger partial charge in [0.05, 0.1) is 24.4 Å². The molecule has 78 valence electrons. The van der Waals surface area contributed by atoms with E-state index in [0.29, 0.717) is 0 Å². The molecule has 0 saturated carbocycles. The zero-order valence-electron chi connectivity index (χ0n) is 8.40. The van der Waals surface area contributed by atoms with Crippen LogP contribution in [0, 0.1) is 5.82 Å². The van der Waals surface area contributed by atoms with E-state index in [0.717, 1.165) is 0 Å². The molecule has 0 radical (unpaired) electrons. The molecule has 3 nitrogen and oxygen atoms in total. The van der Waals surface area contributed by atoms with Crippen molar-refractivity contribution in [1.29, 1.82) is 0 Å². The number of pyridine rings is 1. The van der Waals surface area contributed by atoms with Crippen LogP contribution < -0.4 is 5.73 Å². The van der Waals surface area contributed by atoms with E-state index in [2.05, 4.69) is 4.98 Å². The quantitative estimate of drug-likeness (QED) is 0.800. The van der Waals surface area contributed by atoms with Crippen molar-refractivity contribution < 1.29 is 9.13 Å². The van der Waals surface area contributed by atoms with Crippen molar-refractivity contribution in [2.24, 2.45) is 5.73 Å². The lowest BCUT2D eigenvalue weighted by Gasteiger charge is -2.14. The molecule has 0 spiro atoms. The summed E-state index contributed by atoms with van der Waals surface area (Å²) in [5.74, 6) is -0.382. The maximum Gasteiger partial charge on any atom is 0.146 e. The van der Waals surface area contributed by atoms with Crippen LogP contribution in [0.25, 0.3) is 0 Å². The highest BCUT2D eigenvalue weighted by Gasteiger charge is 2.12. The molecule has 0 aromatic carbocycles. The van der Waals surface area contributed by atoms with E-state index in [1.165, 1.54) is 18.3 Å². The second-order valence-electron chi connectivity index (χ2n) is 3.36. The van der Waals surface area contributed by atoms with Crippen LogP contribution in [-0.2, 0) is 4.74 Å². The van der Waals surface area contributed by atoms with Gasteiger partial charge in [-0.05, 0) is 26.0 Å². The first kappa shape index (κ1) is 11.1. The minimum atomic E-state index is -0.501. The molecule has 0 aliphatic heterocycles. The summed E-state index contributed by atoms with van der Waals surface area (Å²) in [6.45, 7) is 4.09. The van der Waals surface area contributed by atoms with Crippen molar-refractivity contribution in [1.82, 2.24) is 4.98 Å². The fourth-order valence-electron chi connectivity index (χ4n) is 1.05. The van der Waals surface area contributed by atoms with Crippen LogP contribution in [0.4, 0.5) is 4.39 Å². The molecule has 1 unspecified atom stereocenters. The summed E-state index contributed by atoms with van der Waals surface area (Å²) in [5.41, 5.74) is 5.97. The predicted molar refractivity (Wildman–Crippen MR) is 52.2 cm³/mol. The molecular weight excluding hydrogens is 183 g/mol. The Hall–Kier alpha value is -1.00. The molecular formula is C10H15FN2O. The Bertz CT molecular complexity index is 291. The first-order valence-electron chi connectivity index (χ1n) is 4.59. The molecule has 0 bridgehead atoms. The standard InChI is InChI=1S/C10H15FN2O/c1-7(2)14-6-9(12)10-8(11)4-3-5-13-10/h3-5,7,9H,6,12H2,1-2H3. The average Bonchev–Trinajstić information content (AvgIpc) is 2.15. The Labute approximate surface area is 83.1 Å². The number of halogens is 1. The summed E-state index contributed by atoms with van der Waals surface area (Å²) in [6, 6.07) is 2.38. The predicted octanol–water partition coefficient (Wildman–Crippen LogP) is 1.65. The zero-order valence-corrected chi connectivity index (χ0v) is 8.40. The van der Waals surface area contributed by atoms with Gasteiger partial charge in [-0.25, -0.2) is 4.39 Å². The fraction of sp³-hybridized carbons (Fsp3) is 0.500. The first-order chi connectivity index (χ1) is 6.61. The van der Waals surface area contributed by atoms with Crippen LogP contribution in [0.3, 0.4) is 0 Å². The molecule has 1 rings (SSSR count). The smallest absolute Gasteiger partial charge is 0.146 e. The molecule has 0 aliphatic rings. The maximum atomic E-state index is 13.2. The lowest BCUT2D eigenvalue weighted by atomic mass is 10.2. The van der Waals surface area contributed by atoms with E-state index in [1.807, 2.05) is 13.8 Å². The minimum Gasteiger partial charge on any atom is -0.377 e. The minimum absolute atomic E-state index is 0.0906. The Morgan fingerprint density at radius 1 is 1.57 bits per heavy atom. The van der Waals surface area contributed by atoms with Crippen molar-refractivity contribution >= 4 is 0 Å². The molecule has 1 aromatic heterocycles. The molecule has 4 heteroatoms. The molecule has 1 atom stereocenters. The highest BCUT2D eigenvalue weighted by molar-refractivity contribution is 5.10. The van der Waals surface area contributed by atoms with Crippen molar-refractivity contribution in [3.05, 3.63) is 29.8 Å². The lowest BCUT2D eigenvalue weighted by molar-refractivity contribution is 0.0670. The number of nitrogens with zero attached hydrogens (tertiary/aromatic N) is 1. The summed E-state index contributed by atoms with van der Waals surface area (Å²) in [7, 11) is 0. The molecule has 0 aliphatic carbocycles. The number of hydrogen-bond acceptors (Lipinski definition) is 3. The van der Waals surface area contributed by atoms with Crippen LogP contribution in [0.2, 0.25) is 0 Å². The number of hydrogen-bond donors (Lipinski definition) is 1. The summed E-state index contributed by atoms with van der Waals surface area (Å²) >= 11 is 0. The third kappa shape index (κ3) is 3.05. The number of nitrogens with two attached hydrogens (primary N) is 1. The fourth-order valence-corrected chi connectivity index (χ4v) is 1.05. The monoisotopic (exact) mass is 198 g/mol. The second-order valence-corrected chi connectivity index (χ2v) is 3.36. The van der Waals surface area contributed by atoms with Gasteiger partial charge in [0.25, 0.3) is 0 Å². The third-order valence-corrected chi connectivity index (χ3v) is 1.75. The van der Waals surface area contributed by atoms with E-state index >= 15 is 0 Å². The van der Waals surface area contributed by atoms with E-state index < -0.39 is 6.04 Å². The highest BCUT2D eigenvalue weighted by Crippen LogP contribution is 2.12. The van der Waals surface area contributed by atoms with Crippen LogP contribution in [0.1, 0.15) is 25.6 Å². The molecule has 1 heterocycles. The topological polar surface area (TPSA) is 48.1 Å². The normalized spacial score (nSPS) is 13.2. The summed E-state index contributed by atoms with van der Waals surface area (Å²) < 4.78 is 18.4. The highest BCUT2D eigenvalue weighted by atomic mass is 19.1. The van der Waals surface area contributed by atoms with E-state index in [-0.39, 0.29) is 24.2 Å². The van der Waals surface area contributed by atoms with Gasteiger partial charge in [0.2, 0.25) is 0 Å². The SMILES string of the molecule is CC(C)OCC(N)c1ncccc1F. The third-order valence-electron chi connectivity index (χ3n) is 1.75. The van der Waals surface area contributed by atoms with Gasteiger partial charge in [0.1, 0.15) is 5.82 Å². The van der Waals surface area contributed by atoms with Crippen molar-refractivity contribution in [3.63, 3.8) is 0 Å². The van der Waals surface area contributed by atoms with Gasteiger partial charge in [-0.15, -0.1) is 0 Å². The van der Waals surface area contributed by atoms with Gasteiger partial charge in [0, 0.05) is 6.20 Å². The first-order valence-corrected chi connectivity index (χ1v) is 4.59. The molecule has 1 aromatic rings. The van der Waals surface area contributed by atoms with Gasteiger partial charge in [-0.2, -0.15) is 0 Å². The Kier molecular flexibility index (Phi) is 3.98. The largest absolute Gasteiger partial charge is 0.377 e. The molecule has 14 heavy (non-hydrogen) atoms. The van der Waals surface area contributed by atoms with E-state index in [1.54, 1.807) is 0 Å². The Morgan fingerprint density at radius 3 is 2.86 bits per heavy atom. The van der Waals surface area contributed by atoms with Gasteiger partial charge in [-0.1, -0.05) is 0 Å². The van der Waals surface area contributed by atoms with E-state index in [4.69, 9.17) is 10.5 Å². The van der Waals surface area contributed by atoms with Crippen molar-refractivity contribution in [2.45, 2.75) is 26.0 Å². The summed E-state index contributed by atoms with van der Waals surface area (Å²) in [5, 5.41) is 0. The van der Waals surface area contributed by atoms with Gasteiger partial charge < -0.3 is 10.5 Å². The van der Waals surface area contributed by atoms with Gasteiger partial charge in [-0.3, -0.25) is 4.98 Å². The van der Waals surface area contributed by atoms with Crippen LogP contribution in [0.5, 0.6) is 0 Å². The van der Waals surface area contributed by atoms with Crippen molar-refractivity contribution in [3.8, 4) is 0 Å². The number of rotatable bonds is 4. The Morgan fingerprint density at radius 2 is 2.29 bits per heavy atom.